The van der Waals surface area contributed by atoms with Crippen molar-refractivity contribution in [3.63, 3.8) is 0 Å². The van der Waals surface area contributed by atoms with Crippen LogP contribution in [0.1, 0.15) is 29.5 Å². The lowest BCUT2D eigenvalue weighted by molar-refractivity contribution is -0.111. The van der Waals surface area contributed by atoms with E-state index in [0.29, 0.717) is 0 Å². The van der Waals surface area contributed by atoms with Crippen LogP contribution in [0.4, 0.5) is 0 Å². The van der Waals surface area contributed by atoms with Crippen LogP contribution < -0.4 is 5.73 Å². The van der Waals surface area contributed by atoms with Gasteiger partial charge in [-0.2, -0.15) is 0 Å². The summed E-state index contributed by atoms with van der Waals surface area (Å²) in [6.07, 6.45) is 5.58. The van der Waals surface area contributed by atoms with Crippen molar-refractivity contribution in [2.75, 3.05) is 33.7 Å². The van der Waals surface area contributed by atoms with Crippen molar-refractivity contribution in [1.29, 1.82) is 0 Å². The number of benzene rings is 3. The molecule has 0 aromatic heterocycles. The quantitative estimate of drug-likeness (QED) is 0.253. The van der Waals surface area contributed by atoms with Crippen molar-refractivity contribution < 1.29 is 4.79 Å². The Kier molecular flexibility index (Phi) is 10.7. The zero-order chi connectivity index (χ0) is 26.5. The maximum atomic E-state index is 11.6. The summed E-state index contributed by atoms with van der Waals surface area (Å²) in [6, 6.07) is 29.4. The van der Waals surface area contributed by atoms with Gasteiger partial charge >= 0.3 is 0 Å². The van der Waals surface area contributed by atoms with Gasteiger partial charge in [0.25, 0.3) is 0 Å². The first-order chi connectivity index (χ1) is 18.0. The molecule has 1 heterocycles. The SMILES string of the molecule is C=C(Cc1ccccc1)N1CCC(CN(C)C)CC1.NC=NC(C=O)(c1ccccc1)c1ccccc1. The molecule has 0 amide bonds. The molecule has 37 heavy (non-hydrogen) atoms. The third-order valence-electron chi connectivity index (χ3n) is 6.81. The Morgan fingerprint density at radius 3 is 1.86 bits per heavy atom. The van der Waals surface area contributed by atoms with Crippen LogP contribution in [0.3, 0.4) is 0 Å². The maximum Gasteiger partial charge on any atom is 0.167 e. The van der Waals surface area contributed by atoms with Gasteiger partial charge in [-0.05, 0) is 49.5 Å². The van der Waals surface area contributed by atoms with Gasteiger partial charge in [-0.1, -0.05) is 97.6 Å². The predicted octanol–water partition coefficient (Wildman–Crippen LogP) is 5.13. The molecule has 1 aliphatic heterocycles. The first kappa shape index (κ1) is 27.9. The van der Waals surface area contributed by atoms with E-state index < -0.39 is 5.54 Å². The van der Waals surface area contributed by atoms with Gasteiger partial charge in [-0.25, -0.2) is 0 Å². The van der Waals surface area contributed by atoms with Gasteiger partial charge in [0, 0.05) is 31.8 Å². The molecule has 0 atom stereocenters. The number of aliphatic imine (C=N–C) groups is 1. The molecule has 3 aromatic rings. The molecular formula is C32H40N4O. The average Bonchev–Trinajstić information content (AvgIpc) is 2.94. The fraction of sp³-hybridized carbons (Fsp3) is 0.312. The third-order valence-corrected chi connectivity index (χ3v) is 6.81. The van der Waals surface area contributed by atoms with Crippen molar-refractivity contribution in [3.05, 3.63) is 120 Å². The number of likely N-dealkylation sites (tertiary alicyclic amines) is 1. The summed E-state index contributed by atoms with van der Waals surface area (Å²) >= 11 is 0. The van der Waals surface area contributed by atoms with Crippen LogP contribution in [0.15, 0.2) is 108 Å². The summed E-state index contributed by atoms with van der Waals surface area (Å²) in [5.41, 5.74) is 8.59. The fourth-order valence-corrected chi connectivity index (χ4v) is 4.88. The zero-order valence-electron chi connectivity index (χ0n) is 22.2. The summed E-state index contributed by atoms with van der Waals surface area (Å²) in [5, 5.41) is 0. The fourth-order valence-electron chi connectivity index (χ4n) is 4.88. The zero-order valence-corrected chi connectivity index (χ0v) is 22.2. The van der Waals surface area contributed by atoms with Crippen molar-refractivity contribution in [3.8, 4) is 0 Å². The molecule has 194 valence electrons. The molecule has 1 saturated heterocycles. The van der Waals surface area contributed by atoms with Crippen molar-refractivity contribution in [1.82, 2.24) is 9.80 Å². The van der Waals surface area contributed by atoms with Crippen LogP contribution in [0.2, 0.25) is 0 Å². The Morgan fingerprint density at radius 1 is 0.946 bits per heavy atom. The van der Waals surface area contributed by atoms with Crippen LogP contribution in [-0.2, 0) is 16.8 Å². The lowest BCUT2D eigenvalue weighted by Crippen LogP contribution is -2.36. The highest BCUT2D eigenvalue weighted by Crippen LogP contribution is 2.31. The summed E-state index contributed by atoms with van der Waals surface area (Å²) in [5.74, 6) is 0.857. The predicted molar refractivity (Wildman–Crippen MR) is 155 cm³/mol. The lowest BCUT2D eigenvalue weighted by Gasteiger charge is -2.35. The minimum atomic E-state index is -1.06. The largest absolute Gasteiger partial charge is 0.390 e. The van der Waals surface area contributed by atoms with Gasteiger partial charge in [-0.3, -0.25) is 9.79 Å². The number of rotatable bonds is 9. The monoisotopic (exact) mass is 496 g/mol. The third kappa shape index (κ3) is 7.89. The number of nitrogens with two attached hydrogens (primary N) is 1. The Morgan fingerprint density at radius 2 is 1.43 bits per heavy atom. The second-order valence-corrected chi connectivity index (χ2v) is 9.82. The Hall–Kier alpha value is -3.70. The first-order valence-corrected chi connectivity index (χ1v) is 12.9. The molecular weight excluding hydrogens is 456 g/mol. The Labute approximate surface area is 222 Å². The highest BCUT2D eigenvalue weighted by Gasteiger charge is 2.32. The van der Waals surface area contributed by atoms with Gasteiger partial charge in [-0.15, -0.1) is 0 Å². The lowest BCUT2D eigenvalue weighted by atomic mass is 9.85. The summed E-state index contributed by atoms with van der Waals surface area (Å²) in [4.78, 5) is 20.6. The standard InChI is InChI=1S/C17H26N2.C15H14N2O/c1-15(13-16-7-5-4-6-8-16)19-11-9-17(10-12-19)14-18(2)3;16-12-17-15(11-18,13-7-3-1-4-8-13)14-9-5-2-6-10-14/h4-8,17H,1,9-14H2,2-3H3;1-12H,(H2,16,17). The number of carbonyl (C=O) groups is 1. The van der Waals surface area contributed by atoms with E-state index in [-0.39, 0.29) is 0 Å². The molecule has 5 nitrogen and oxygen atoms in total. The van der Waals surface area contributed by atoms with Crippen LogP contribution >= 0.6 is 0 Å². The Balaban J connectivity index is 0.000000206. The number of nitrogens with zero attached hydrogens (tertiary/aromatic N) is 3. The van der Waals surface area contributed by atoms with Gasteiger partial charge in [0.1, 0.15) is 0 Å². The van der Waals surface area contributed by atoms with E-state index in [1.807, 2.05) is 60.7 Å². The van der Waals surface area contributed by atoms with Gasteiger partial charge in [0.15, 0.2) is 11.8 Å². The molecule has 3 aromatic carbocycles. The molecule has 0 spiro atoms. The topological polar surface area (TPSA) is 61.9 Å². The molecule has 0 radical (unpaired) electrons. The van der Waals surface area contributed by atoms with E-state index in [1.54, 1.807) is 0 Å². The van der Waals surface area contributed by atoms with Gasteiger partial charge < -0.3 is 15.5 Å². The number of piperidine rings is 1. The van der Waals surface area contributed by atoms with E-state index >= 15 is 0 Å². The van der Waals surface area contributed by atoms with Crippen LogP contribution in [-0.4, -0.2) is 56.2 Å². The second kappa shape index (κ2) is 14.1. The molecule has 0 saturated carbocycles. The maximum absolute atomic E-state index is 11.6. The summed E-state index contributed by atoms with van der Waals surface area (Å²) in [7, 11) is 4.33. The minimum Gasteiger partial charge on any atom is -0.390 e. The number of hydrogen-bond donors (Lipinski definition) is 1. The molecule has 4 rings (SSSR count). The number of aldehydes is 1. The number of carbonyl (C=O) groups excluding carboxylic acids is 1. The summed E-state index contributed by atoms with van der Waals surface area (Å²) in [6.45, 7) is 7.84. The molecule has 1 fully saturated rings. The second-order valence-electron chi connectivity index (χ2n) is 9.82. The van der Waals surface area contributed by atoms with Gasteiger partial charge in [0.2, 0.25) is 0 Å². The molecule has 0 unspecified atom stereocenters. The van der Waals surface area contributed by atoms with Gasteiger partial charge in [0.05, 0.1) is 6.34 Å². The van der Waals surface area contributed by atoms with Crippen molar-refractivity contribution in [2.24, 2.45) is 16.6 Å². The van der Waals surface area contributed by atoms with E-state index in [4.69, 9.17) is 5.73 Å². The van der Waals surface area contributed by atoms with E-state index in [1.165, 1.54) is 50.1 Å². The normalized spacial score (nSPS) is 14.3. The molecule has 0 aliphatic carbocycles. The van der Waals surface area contributed by atoms with E-state index in [2.05, 4.69) is 65.8 Å². The van der Waals surface area contributed by atoms with Crippen LogP contribution in [0.25, 0.3) is 0 Å². The molecule has 2 N–H and O–H groups in total. The number of allylic oxidation sites excluding steroid dienone is 1. The molecule has 5 heteroatoms. The summed E-state index contributed by atoms with van der Waals surface area (Å²) < 4.78 is 0. The number of hydrogen-bond acceptors (Lipinski definition) is 4. The Bertz CT molecular complexity index is 1070. The first-order valence-electron chi connectivity index (χ1n) is 12.9. The average molecular weight is 497 g/mol. The molecule has 0 bridgehead atoms. The van der Waals surface area contributed by atoms with E-state index in [9.17, 15) is 4.79 Å². The van der Waals surface area contributed by atoms with E-state index in [0.717, 1.165) is 29.8 Å². The van der Waals surface area contributed by atoms with Crippen LogP contribution in [0, 0.1) is 5.92 Å². The van der Waals surface area contributed by atoms with Crippen molar-refractivity contribution in [2.45, 2.75) is 24.8 Å². The minimum absolute atomic E-state index is 0.799. The highest BCUT2D eigenvalue weighted by atomic mass is 16.1. The molecule has 1 aliphatic rings. The highest BCUT2D eigenvalue weighted by molar-refractivity contribution is 5.77. The van der Waals surface area contributed by atoms with Crippen LogP contribution in [0.5, 0.6) is 0 Å². The smallest absolute Gasteiger partial charge is 0.167 e. The van der Waals surface area contributed by atoms with Crippen molar-refractivity contribution >= 4 is 12.6 Å².